The molecule has 0 radical (unpaired) electrons. The highest BCUT2D eigenvalue weighted by Gasteiger charge is 2.56. The quantitative estimate of drug-likeness (QED) is 0.682. The molecule has 1 aromatic carbocycles. The first-order chi connectivity index (χ1) is 11.0. The predicted octanol–water partition coefficient (Wildman–Crippen LogP) is 2.66. The van der Waals surface area contributed by atoms with Gasteiger partial charge in [-0.15, -0.1) is 0 Å². The maximum atomic E-state index is 11.3. The van der Waals surface area contributed by atoms with Gasteiger partial charge < -0.3 is 14.7 Å². The third-order valence-corrected chi connectivity index (χ3v) is 5.47. The number of ether oxygens (including phenoxy) is 1. The highest BCUT2D eigenvalue weighted by atomic mass is 16.6. The summed E-state index contributed by atoms with van der Waals surface area (Å²) in [6.45, 7) is 5.92. The summed E-state index contributed by atoms with van der Waals surface area (Å²) >= 11 is 0. The largest absolute Gasteiger partial charge is 0.392 e. The monoisotopic (exact) mass is 320 g/mol. The summed E-state index contributed by atoms with van der Waals surface area (Å²) < 4.78 is 5.77. The first kappa shape index (κ1) is 16.2. The van der Waals surface area contributed by atoms with Crippen LogP contribution in [0.4, 0.5) is 11.4 Å². The molecule has 2 atom stereocenters. The highest BCUT2D eigenvalue weighted by Crippen LogP contribution is 2.51. The zero-order chi connectivity index (χ0) is 16.6. The second-order valence-electron chi connectivity index (χ2n) is 6.66. The molecule has 1 N–H and O–H groups in total. The van der Waals surface area contributed by atoms with Crippen LogP contribution < -0.4 is 4.90 Å². The summed E-state index contributed by atoms with van der Waals surface area (Å²) in [6, 6.07) is 5.37. The molecular formula is C17H24N2O4. The fraction of sp³-hybridized carbons (Fsp3) is 0.647. The Morgan fingerprint density at radius 1 is 1.43 bits per heavy atom. The van der Waals surface area contributed by atoms with Crippen molar-refractivity contribution in [2.45, 2.75) is 45.3 Å². The maximum absolute atomic E-state index is 11.3. The highest BCUT2D eigenvalue weighted by molar-refractivity contribution is 5.64. The molecule has 126 valence electrons. The Kier molecular flexibility index (Phi) is 4.29. The van der Waals surface area contributed by atoms with Gasteiger partial charge in [-0.05, 0) is 38.3 Å². The maximum Gasteiger partial charge on any atom is 0.292 e. The van der Waals surface area contributed by atoms with Crippen molar-refractivity contribution < 1.29 is 14.8 Å². The number of aliphatic hydroxyl groups excluding tert-OH is 1. The summed E-state index contributed by atoms with van der Waals surface area (Å²) in [5, 5.41) is 21.6. The number of aryl methyl sites for hydroxylation is 1. The Morgan fingerprint density at radius 2 is 2.13 bits per heavy atom. The molecule has 23 heavy (non-hydrogen) atoms. The molecule has 0 aromatic heterocycles. The van der Waals surface area contributed by atoms with Gasteiger partial charge in [-0.3, -0.25) is 10.1 Å². The van der Waals surface area contributed by atoms with Crippen LogP contribution in [0.3, 0.4) is 0 Å². The van der Waals surface area contributed by atoms with Crippen molar-refractivity contribution in [3.8, 4) is 0 Å². The zero-order valence-electron chi connectivity index (χ0n) is 13.7. The Balaban J connectivity index is 1.76. The van der Waals surface area contributed by atoms with Crippen molar-refractivity contribution in [3.05, 3.63) is 33.9 Å². The van der Waals surface area contributed by atoms with Gasteiger partial charge in [-0.25, -0.2) is 0 Å². The van der Waals surface area contributed by atoms with Crippen molar-refractivity contribution in [2.24, 2.45) is 5.41 Å². The van der Waals surface area contributed by atoms with Crippen LogP contribution in [0.2, 0.25) is 0 Å². The number of hydrogen-bond acceptors (Lipinski definition) is 5. The lowest BCUT2D eigenvalue weighted by molar-refractivity contribution is -0.384. The lowest BCUT2D eigenvalue weighted by Gasteiger charge is -2.56. The van der Waals surface area contributed by atoms with E-state index in [0.717, 1.165) is 18.4 Å². The Bertz CT molecular complexity index is 594. The lowest BCUT2D eigenvalue weighted by atomic mass is 9.58. The number of piperidine rings is 1. The molecule has 1 aromatic rings. The summed E-state index contributed by atoms with van der Waals surface area (Å²) in [6.07, 6.45) is 2.14. The number of anilines is 1. The summed E-state index contributed by atoms with van der Waals surface area (Å²) in [5.74, 6) is 0. The number of rotatable bonds is 4. The van der Waals surface area contributed by atoms with Gasteiger partial charge in [0.25, 0.3) is 5.69 Å². The first-order valence-corrected chi connectivity index (χ1v) is 8.27. The Labute approximate surface area is 136 Å². The molecule has 1 saturated carbocycles. The molecule has 2 fully saturated rings. The van der Waals surface area contributed by atoms with E-state index in [4.69, 9.17) is 4.74 Å². The van der Waals surface area contributed by atoms with Crippen molar-refractivity contribution in [2.75, 3.05) is 24.6 Å². The van der Waals surface area contributed by atoms with Crippen molar-refractivity contribution in [3.63, 3.8) is 0 Å². The molecule has 6 nitrogen and oxygen atoms in total. The molecule has 3 rings (SSSR count). The average Bonchev–Trinajstić information content (AvgIpc) is 2.55. The smallest absolute Gasteiger partial charge is 0.292 e. The SMILES string of the molecule is CCO[C@@H]1C[C@@H](O)C12CCN(c1ccc(C)cc1[N+](=O)[O-])CC2. The molecule has 1 heterocycles. The summed E-state index contributed by atoms with van der Waals surface area (Å²) in [4.78, 5) is 13.1. The van der Waals surface area contributed by atoms with Gasteiger partial charge in [0.1, 0.15) is 5.69 Å². The van der Waals surface area contributed by atoms with E-state index in [0.29, 0.717) is 31.8 Å². The van der Waals surface area contributed by atoms with Crippen LogP contribution in [0, 0.1) is 22.5 Å². The molecule has 2 aliphatic rings. The number of benzene rings is 1. The topological polar surface area (TPSA) is 75.8 Å². The Morgan fingerprint density at radius 3 is 2.70 bits per heavy atom. The van der Waals surface area contributed by atoms with Crippen LogP contribution in [0.5, 0.6) is 0 Å². The van der Waals surface area contributed by atoms with Crippen molar-refractivity contribution in [1.82, 2.24) is 0 Å². The molecule has 1 aliphatic carbocycles. The fourth-order valence-corrected chi connectivity index (χ4v) is 4.03. The van der Waals surface area contributed by atoms with Crippen LogP contribution in [-0.2, 0) is 4.74 Å². The molecule has 0 unspecified atom stereocenters. The molecule has 1 aliphatic heterocycles. The average molecular weight is 320 g/mol. The van der Waals surface area contributed by atoms with Gasteiger partial charge in [-0.1, -0.05) is 6.07 Å². The van der Waals surface area contributed by atoms with E-state index < -0.39 is 0 Å². The lowest BCUT2D eigenvalue weighted by Crippen LogP contribution is -2.62. The molecule has 0 bridgehead atoms. The standard InChI is InChI=1S/C17H24N2O4/c1-3-23-16-11-15(20)17(16)6-8-18(9-7-17)13-5-4-12(2)10-14(13)19(21)22/h4-5,10,15-16,20H,3,6-9,11H2,1-2H3/t15-,16-/m1/s1. The summed E-state index contributed by atoms with van der Waals surface area (Å²) in [7, 11) is 0. The third-order valence-electron chi connectivity index (χ3n) is 5.47. The zero-order valence-corrected chi connectivity index (χ0v) is 13.7. The molecule has 6 heteroatoms. The Hall–Kier alpha value is -1.66. The first-order valence-electron chi connectivity index (χ1n) is 8.27. The van der Waals surface area contributed by atoms with Crippen LogP contribution in [0.25, 0.3) is 0 Å². The van der Waals surface area contributed by atoms with Gasteiger partial charge in [0.2, 0.25) is 0 Å². The van der Waals surface area contributed by atoms with Crippen LogP contribution >= 0.6 is 0 Å². The van der Waals surface area contributed by atoms with Crippen LogP contribution in [0.15, 0.2) is 18.2 Å². The minimum Gasteiger partial charge on any atom is -0.392 e. The molecule has 1 spiro atoms. The van der Waals surface area contributed by atoms with E-state index in [-0.39, 0.29) is 28.2 Å². The van der Waals surface area contributed by atoms with Crippen molar-refractivity contribution >= 4 is 11.4 Å². The van der Waals surface area contributed by atoms with Gasteiger partial charge in [-0.2, -0.15) is 0 Å². The van der Waals surface area contributed by atoms with Crippen LogP contribution in [-0.4, -0.2) is 41.9 Å². The van der Waals surface area contributed by atoms with E-state index in [1.54, 1.807) is 6.07 Å². The second kappa shape index (κ2) is 6.09. The molecular weight excluding hydrogens is 296 g/mol. The number of hydrogen-bond donors (Lipinski definition) is 1. The molecule has 0 amide bonds. The van der Waals surface area contributed by atoms with E-state index in [2.05, 4.69) is 4.90 Å². The third kappa shape index (κ3) is 2.70. The summed E-state index contributed by atoms with van der Waals surface area (Å²) in [5.41, 5.74) is 1.57. The normalized spacial score (nSPS) is 26.1. The minimum atomic E-state index is -0.312. The van der Waals surface area contributed by atoms with E-state index in [1.807, 2.05) is 26.0 Å². The number of aliphatic hydroxyl groups is 1. The number of nitrogens with zero attached hydrogens (tertiary/aromatic N) is 2. The van der Waals surface area contributed by atoms with Gasteiger partial charge in [0.05, 0.1) is 17.1 Å². The number of nitro benzene ring substituents is 1. The van der Waals surface area contributed by atoms with Crippen molar-refractivity contribution in [1.29, 1.82) is 0 Å². The van der Waals surface area contributed by atoms with E-state index >= 15 is 0 Å². The van der Waals surface area contributed by atoms with Gasteiger partial charge in [0.15, 0.2) is 0 Å². The predicted molar refractivity (Wildman–Crippen MR) is 87.8 cm³/mol. The number of nitro groups is 1. The van der Waals surface area contributed by atoms with Gasteiger partial charge in [0, 0.05) is 37.6 Å². The molecule has 1 saturated heterocycles. The fourth-order valence-electron chi connectivity index (χ4n) is 4.03. The van der Waals surface area contributed by atoms with E-state index in [9.17, 15) is 15.2 Å². The second-order valence-corrected chi connectivity index (χ2v) is 6.66. The van der Waals surface area contributed by atoms with Crippen LogP contribution in [0.1, 0.15) is 31.7 Å². The van der Waals surface area contributed by atoms with Gasteiger partial charge >= 0.3 is 0 Å². The minimum absolute atomic E-state index is 0.123. The van der Waals surface area contributed by atoms with E-state index in [1.165, 1.54) is 0 Å².